The van der Waals surface area contributed by atoms with Crippen molar-refractivity contribution >= 4 is 16.8 Å². The van der Waals surface area contributed by atoms with E-state index >= 15 is 0 Å². The second-order valence-corrected chi connectivity index (χ2v) is 6.68. The number of aromatic nitrogens is 3. The third-order valence-corrected chi connectivity index (χ3v) is 4.76. The Morgan fingerprint density at radius 2 is 2.16 bits per heavy atom. The average molecular weight is 338 g/mol. The Labute approximate surface area is 146 Å². The number of aromatic amines is 1. The van der Waals surface area contributed by atoms with Crippen LogP contribution in [0.25, 0.3) is 10.9 Å². The minimum absolute atomic E-state index is 0.157. The fraction of sp³-hybridized carbons (Fsp3) is 0.368. The van der Waals surface area contributed by atoms with Gasteiger partial charge in [0.25, 0.3) is 5.91 Å². The van der Waals surface area contributed by atoms with Crippen LogP contribution in [0.5, 0.6) is 5.88 Å². The molecule has 1 aliphatic heterocycles. The van der Waals surface area contributed by atoms with Gasteiger partial charge >= 0.3 is 0 Å². The first-order valence-electron chi connectivity index (χ1n) is 8.60. The second kappa shape index (κ2) is 5.95. The number of nitrogens with one attached hydrogen (secondary N) is 2. The normalized spacial score (nSPS) is 13.1. The SMILES string of the molecule is Cc1cc(C)c2[nH]c(C)c(CCNC(=O)c3cc4n(n3)CCO4)c2c1. The molecule has 130 valence electrons. The summed E-state index contributed by atoms with van der Waals surface area (Å²) in [5.74, 6) is 0.513. The molecule has 0 unspecified atom stereocenters. The number of aryl methyl sites for hydroxylation is 3. The summed E-state index contributed by atoms with van der Waals surface area (Å²) in [4.78, 5) is 15.8. The number of fused-ring (bicyclic) bond motifs is 2. The van der Waals surface area contributed by atoms with Crippen molar-refractivity contribution in [2.24, 2.45) is 0 Å². The van der Waals surface area contributed by atoms with Gasteiger partial charge in [0, 0.05) is 29.2 Å². The molecule has 1 amide bonds. The first-order chi connectivity index (χ1) is 12.0. The average Bonchev–Trinajstić information content (AvgIpc) is 3.22. The summed E-state index contributed by atoms with van der Waals surface area (Å²) in [5.41, 5.74) is 6.52. The summed E-state index contributed by atoms with van der Waals surface area (Å²) in [6, 6.07) is 6.09. The van der Waals surface area contributed by atoms with Crippen molar-refractivity contribution in [1.82, 2.24) is 20.1 Å². The molecule has 0 fully saturated rings. The van der Waals surface area contributed by atoms with E-state index in [4.69, 9.17) is 4.74 Å². The van der Waals surface area contributed by atoms with E-state index in [0.29, 0.717) is 31.3 Å². The maximum atomic E-state index is 12.3. The molecule has 0 aliphatic carbocycles. The zero-order valence-electron chi connectivity index (χ0n) is 14.8. The largest absolute Gasteiger partial charge is 0.476 e. The van der Waals surface area contributed by atoms with E-state index in [9.17, 15) is 4.79 Å². The lowest BCUT2D eigenvalue weighted by molar-refractivity contribution is 0.0948. The predicted octanol–water partition coefficient (Wildman–Crippen LogP) is 2.65. The molecule has 1 aliphatic rings. The lowest BCUT2D eigenvalue weighted by Crippen LogP contribution is -2.26. The van der Waals surface area contributed by atoms with Crippen LogP contribution >= 0.6 is 0 Å². The van der Waals surface area contributed by atoms with Crippen LogP contribution in [0.4, 0.5) is 0 Å². The minimum atomic E-state index is -0.157. The van der Waals surface area contributed by atoms with Crippen molar-refractivity contribution in [3.63, 3.8) is 0 Å². The van der Waals surface area contributed by atoms with Gasteiger partial charge < -0.3 is 15.0 Å². The standard InChI is InChI=1S/C19H22N4O2/c1-11-8-12(2)18-15(9-11)14(13(3)21-18)4-5-20-19(24)16-10-17-23(22-16)6-7-25-17/h8-10,21H,4-7H2,1-3H3,(H,20,24). The van der Waals surface area contributed by atoms with E-state index in [1.165, 1.54) is 27.6 Å². The first-order valence-corrected chi connectivity index (χ1v) is 8.60. The number of H-pyrrole nitrogens is 1. The molecule has 0 saturated heterocycles. The number of carbonyl (C=O) groups excluding carboxylic acids is 1. The zero-order valence-corrected chi connectivity index (χ0v) is 14.8. The Kier molecular flexibility index (Phi) is 3.75. The number of amides is 1. The van der Waals surface area contributed by atoms with Gasteiger partial charge in [-0.05, 0) is 44.4 Å². The summed E-state index contributed by atoms with van der Waals surface area (Å²) in [7, 11) is 0. The van der Waals surface area contributed by atoms with Gasteiger partial charge in [0.1, 0.15) is 6.61 Å². The van der Waals surface area contributed by atoms with Crippen LogP contribution in [0.1, 0.15) is 32.9 Å². The van der Waals surface area contributed by atoms with Crippen molar-refractivity contribution in [1.29, 1.82) is 0 Å². The maximum Gasteiger partial charge on any atom is 0.271 e. The van der Waals surface area contributed by atoms with Crippen molar-refractivity contribution in [3.05, 3.63) is 46.3 Å². The van der Waals surface area contributed by atoms with Crippen LogP contribution in [0.3, 0.4) is 0 Å². The van der Waals surface area contributed by atoms with E-state index in [1.807, 2.05) is 0 Å². The molecule has 3 aromatic rings. The Bertz CT molecular complexity index is 946. The highest BCUT2D eigenvalue weighted by Crippen LogP contribution is 2.26. The second-order valence-electron chi connectivity index (χ2n) is 6.68. The summed E-state index contributed by atoms with van der Waals surface area (Å²) < 4.78 is 7.12. The van der Waals surface area contributed by atoms with Gasteiger partial charge in [-0.2, -0.15) is 5.10 Å². The van der Waals surface area contributed by atoms with Crippen molar-refractivity contribution in [3.8, 4) is 5.88 Å². The van der Waals surface area contributed by atoms with E-state index in [1.54, 1.807) is 10.7 Å². The molecular formula is C19H22N4O2. The molecule has 25 heavy (non-hydrogen) atoms. The van der Waals surface area contributed by atoms with Gasteiger partial charge in [-0.3, -0.25) is 4.79 Å². The topological polar surface area (TPSA) is 71.9 Å². The molecular weight excluding hydrogens is 316 g/mol. The molecule has 0 saturated carbocycles. The molecule has 2 N–H and O–H groups in total. The lowest BCUT2D eigenvalue weighted by atomic mass is 10.0. The highest BCUT2D eigenvalue weighted by atomic mass is 16.5. The Balaban J connectivity index is 1.47. The highest BCUT2D eigenvalue weighted by molar-refractivity contribution is 5.92. The molecule has 6 heteroatoms. The molecule has 0 bridgehead atoms. The molecule has 1 aromatic carbocycles. The minimum Gasteiger partial charge on any atom is -0.476 e. The number of benzene rings is 1. The van der Waals surface area contributed by atoms with Gasteiger partial charge in [-0.25, -0.2) is 4.68 Å². The van der Waals surface area contributed by atoms with Gasteiger partial charge in [-0.15, -0.1) is 0 Å². The molecule has 0 spiro atoms. The summed E-state index contributed by atoms with van der Waals surface area (Å²) in [6.07, 6.45) is 0.782. The smallest absolute Gasteiger partial charge is 0.271 e. The molecule has 0 atom stereocenters. The van der Waals surface area contributed by atoms with Crippen molar-refractivity contribution in [2.45, 2.75) is 33.7 Å². The molecule has 4 rings (SSSR count). The fourth-order valence-corrected chi connectivity index (χ4v) is 3.57. The van der Waals surface area contributed by atoms with Gasteiger partial charge in [0.05, 0.1) is 6.54 Å². The third kappa shape index (κ3) is 2.77. The molecule has 0 radical (unpaired) electrons. The van der Waals surface area contributed by atoms with Crippen molar-refractivity contribution < 1.29 is 9.53 Å². The maximum absolute atomic E-state index is 12.3. The number of hydrogen-bond donors (Lipinski definition) is 2. The number of hydrogen-bond acceptors (Lipinski definition) is 3. The number of rotatable bonds is 4. The summed E-state index contributed by atoms with van der Waals surface area (Å²) in [5, 5.41) is 8.48. The van der Waals surface area contributed by atoms with Crippen LogP contribution in [-0.4, -0.2) is 33.8 Å². The number of carbonyl (C=O) groups is 1. The van der Waals surface area contributed by atoms with Crippen LogP contribution in [0.2, 0.25) is 0 Å². The van der Waals surface area contributed by atoms with Crippen LogP contribution in [0.15, 0.2) is 18.2 Å². The van der Waals surface area contributed by atoms with Crippen molar-refractivity contribution in [2.75, 3.05) is 13.2 Å². The summed E-state index contributed by atoms with van der Waals surface area (Å²) >= 11 is 0. The Hall–Kier alpha value is -2.76. The number of nitrogens with zero attached hydrogens (tertiary/aromatic N) is 2. The highest BCUT2D eigenvalue weighted by Gasteiger charge is 2.19. The summed E-state index contributed by atoms with van der Waals surface area (Å²) in [6.45, 7) is 8.22. The fourth-order valence-electron chi connectivity index (χ4n) is 3.57. The third-order valence-electron chi connectivity index (χ3n) is 4.76. The van der Waals surface area contributed by atoms with E-state index < -0.39 is 0 Å². The van der Waals surface area contributed by atoms with Gasteiger partial charge in [-0.1, -0.05) is 11.6 Å². The molecule has 2 aromatic heterocycles. The van der Waals surface area contributed by atoms with Crippen LogP contribution in [-0.2, 0) is 13.0 Å². The molecule has 3 heterocycles. The van der Waals surface area contributed by atoms with E-state index in [-0.39, 0.29) is 5.91 Å². The Morgan fingerprint density at radius 1 is 1.32 bits per heavy atom. The molecule has 6 nitrogen and oxygen atoms in total. The number of ether oxygens (including phenoxy) is 1. The van der Waals surface area contributed by atoms with E-state index in [2.05, 4.69) is 48.3 Å². The Morgan fingerprint density at radius 3 is 2.96 bits per heavy atom. The lowest BCUT2D eigenvalue weighted by Gasteiger charge is -2.05. The monoisotopic (exact) mass is 338 g/mol. The van der Waals surface area contributed by atoms with Gasteiger partial charge in [0.2, 0.25) is 5.88 Å². The predicted molar refractivity (Wildman–Crippen MR) is 96.3 cm³/mol. The quantitative estimate of drug-likeness (QED) is 0.768. The van der Waals surface area contributed by atoms with E-state index in [0.717, 1.165) is 12.1 Å². The zero-order chi connectivity index (χ0) is 17.6. The van der Waals surface area contributed by atoms with Gasteiger partial charge in [0.15, 0.2) is 5.69 Å². The first kappa shape index (κ1) is 15.7. The van der Waals surface area contributed by atoms with Crippen LogP contribution in [0, 0.1) is 20.8 Å². The van der Waals surface area contributed by atoms with Crippen LogP contribution < -0.4 is 10.1 Å².